The van der Waals surface area contributed by atoms with Crippen molar-refractivity contribution < 1.29 is 9.13 Å². The number of nitrogens with zero attached hydrogens (tertiary/aromatic N) is 2. The fourth-order valence-corrected chi connectivity index (χ4v) is 2.78. The Morgan fingerprint density at radius 2 is 1.90 bits per heavy atom. The molecule has 0 amide bonds. The lowest BCUT2D eigenvalue weighted by atomic mass is 9.97. The van der Waals surface area contributed by atoms with Gasteiger partial charge >= 0.3 is 0 Å². The predicted octanol–water partition coefficient (Wildman–Crippen LogP) is 3.33. The van der Waals surface area contributed by atoms with Crippen LogP contribution in [-0.2, 0) is 0 Å². The normalized spacial score (nSPS) is 19.9. The summed E-state index contributed by atoms with van der Waals surface area (Å²) in [6.45, 7) is 0.465. The number of hydrazone groups is 1. The molecule has 100 valence electrons. The van der Waals surface area contributed by atoms with Gasteiger partial charge in [-0.3, -0.25) is 5.01 Å². The smallest absolute Gasteiger partial charge is 0.177 e. The van der Waals surface area contributed by atoms with E-state index >= 15 is 0 Å². The molecule has 2 aromatic rings. The molecule has 0 bridgehead atoms. The van der Waals surface area contributed by atoms with E-state index in [1.54, 1.807) is 12.1 Å². The third-order valence-electron chi connectivity index (χ3n) is 3.80. The number of benzene rings is 2. The predicted molar refractivity (Wildman–Crippen MR) is 74.1 cm³/mol. The molecule has 2 aliphatic rings. The number of ether oxygens (including phenoxy) is 1. The Labute approximate surface area is 116 Å². The number of hydrogen-bond acceptors (Lipinski definition) is 3. The van der Waals surface area contributed by atoms with Crippen molar-refractivity contribution in [2.75, 3.05) is 6.73 Å². The van der Waals surface area contributed by atoms with Gasteiger partial charge in [0.05, 0.1) is 11.8 Å². The summed E-state index contributed by atoms with van der Waals surface area (Å²) in [6.07, 6.45) is 0.825. The summed E-state index contributed by atoms with van der Waals surface area (Å²) in [4.78, 5) is 0. The van der Waals surface area contributed by atoms with Crippen molar-refractivity contribution in [2.45, 2.75) is 12.5 Å². The van der Waals surface area contributed by atoms with Crippen LogP contribution in [0.5, 0.6) is 5.75 Å². The molecule has 2 heterocycles. The molecule has 0 radical (unpaired) electrons. The van der Waals surface area contributed by atoms with Gasteiger partial charge in [-0.15, -0.1) is 0 Å². The summed E-state index contributed by atoms with van der Waals surface area (Å²) in [7, 11) is 0. The van der Waals surface area contributed by atoms with Crippen LogP contribution in [0.1, 0.15) is 23.6 Å². The van der Waals surface area contributed by atoms with Gasteiger partial charge in [-0.2, -0.15) is 5.10 Å². The first kappa shape index (κ1) is 11.5. The van der Waals surface area contributed by atoms with Crippen LogP contribution >= 0.6 is 0 Å². The number of hydrogen-bond donors (Lipinski definition) is 0. The topological polar surface area (TPSA) is 24.8 Å². The second-order valence-corrected chi connectivity index (χ2v) is 5.02. The Hall–Kier alpha value is -2.36. The molecule has 20 heavy (non-hydrogen) atoms. The number of halogens is 1. The molecular weight excluding hydrogens is 255 g/mol. The zero-order valence-electron chi connectivity index (χ0n) is 10.8. The maximum absolute atomic E-state index is 13.0. The quantitative estimate of drug-likeness (QED) is 0.792. The Kier molecular flexibility index (Phi) is 2.49. The summed E-state index contributed by atoms with van der Waals surface area (Å²) < 4.78 is 18.7. The van der Waals surface area contributed by atoms with Gasteiger partial charge in [0.1, 0.15) is 11.6 Å². The zero-order valence-corrected chi connectivity index (χ0v) is 10.8. The summed E-state index contributed by atoms with van der Waals surface area (Å²) in [5, 5.41) is 6.57. The second-order valence-electron chi connectivity index (χ2n) is 5.02. The van der Waals surface area contributed by atoms with E-state index in [1.165, 1.54) is 17.7 Å². The summed E-state index contributed by atoms with van der Waals surface area (Å²) in [5.74, 6) is 0.711. The highest BCUT2D eigenvalue weighted by Gasteiger charge is 2.33. The molecule has 0 aliphatic carbocycles. The van der Waals surface area contributed by atoms with Crippen LogP contribution in [0.2, 0.25) is 0 Å². The van der Waals surface area contributed by atoms with Crippen LogP contribution in [0.25, 0.3) is 0 Å². The highest BCUT2D eigenvalue weighted by Crippen LogP contribution is 2.40. The fraction of sp³-hybridized carbons (Fsp3) is 0.188. The van der Waals surface area contributed by atoms with Gasteiger partial charge in [0, 0.05) is 12.0 Å². The lowest BCUT2D eigenvalue weighted by Crippen LogP contribution is -2.29. The maximum Gasteiger partial charge on any atom is 0.177 e. The van der Waals surface area contributed by atoms with Crippen molar-refractivity contribution >= 4 is 5.71 Å². The van der Waals surface area contributed by atoms with Gasteiger partial charge in [-0.1, -0.05) is 30.3 Å². The van der Waals surface area contributed by atoms with E-state index in [-0.39, 0.29) is 11.9 Å². The molecule has 0 saturated carbocycles. The monoisotopic (exact) mass is 268 g/mol. The maximum atomic E-state index is 13.0. The molecule has 0 N–H and O–H groups in total. The molecule has 0 aromatic heterocycles. The van der Waals surface area contributed by atoms with Crippen LogP contribution in [-0.4, -0.2) is 17.5 Å². The van der Waals surface area contributed by atoms with Crippen molar-refractivity contribution in [3.05, 3.63) is 65.5 Å². The van der Waals surface area contributed by atoms with E-state index in [9.17, 15) is 4.39 Å². The molecule has 4 rings (SSSR count). The van der Waals surface area contributed by atoms with E-state index < -0.39 is 0 Å². The minimum absolute atomic E-state index is 0.222. The lowest BCUT2D eigenvalue weighted by Gasteiger charge is -2.30. The van der Waals surface area contributed by atoms with Crippen LogP contribution in [0.4, 0.5) is 4.39 Å². The Morgan fingerprint density at radius 3 is 2.75 bits per heavy atom. The van der Waals surface area contributed by atoms with Gasteiger partial charge in [-0.05, 0) is 23.8 Å². The van der Waals surface area contributed by atoms with Crippen molar-refractivity contribution in [1.29, 1.82) is 0 Å². The van der Waals surface area contributed by atoms with Crippen molar-refractivity contribution in [1.82, 2.24) is 5.01 Å². The SMILES string of the molecule is Fc1ccc(C2=NN3COc4ccccc4C3C2)cc1. The summed E-state index contributed by atoms with van der Waals surface area (Å²) in [6, 6.07) is 14.8. The van der Waals surface area contributed by atoms with E-state index in [0.29, 0.717) is 6.73 Å². The fourth-order valence-electron chi connectivity index (χ4n) is 2.78. The average molecular weight is 268 g/mol. The van der Waals surface area contributed by atoms with Gasteiger partial charge < -0.3 is 4.74 Å². The third-order valence-corrected chi connectivity index (χ3v) is 3.80. The van der Waals surface area contributed by atoms with Gasteiger partial charge in [0.25, 0.3) is 0 Å². The minimum Gasteiger partial charge on any atom is -0.471 e. The van der Waals surface area contributed by atoms with E-state index in [4.69, 9.17) is 4.74 Å². The summed E-state index contributed by atoms with van der Waals surface area (Å²) >= 11 is 0. The average Bonchev–Trinajstić information content (AvgIpc) is 2.92. The molecule has 0 fully saturated rings. The van der Waals surface area contributed by atoms with Crippen molar-refractivity contribution in [3.63, 3.8) is 0 Å². The molecule has 1 unspecified atom stereocenters. The largest absolute Gasteiger partial charge is 0.471 e. The van der Waals surface area contributed by atoms with E-state index in [1.807, 2.05) is 23.2 Å². The highest BCUT2D eigenvalue weighted by atomic mass is 19.1. The number of para-hydroxylation sites is 1. The Bertz CT molecular complexity index is 681. The van der Waals surface area contributed by atoms with E-state index in [2.05, 4.69) is 11.2 Å². The zero-order chi connectivity index (χ0) is 13.5. The second kappa shape index (κ2) is 4.34. The van der Waals surface area contributed by atoms with Gasteiger partial charge in [-0.25, -0.2) is 4.39 Å². The molecular formula is C16H13FN2O. The van der Waals surface area contributed by atoms with Gasteiger partial charge in [0.2, 0.25) is 0 Å². The molecule has 1 atom stereocenters. The van der Waals surface area contributed by atoms with Gasteiger partial charge in [0.15, 0.2) is 6.73 Å². The molecule has 0 spiro atoms. The van der Waals surface area contributed by atoms with Crippen molar-refractivity contribution in [2.24, 2.45) is 5.10 Å². The Morgan fingerprint density at radius 1 is 1.10 bits per heavy atom. The van der Waals surface area contributed by atoms with E-state index in [0.717, 1.165) is 23.4 Å². The molecule has 2 aliphatic heterocycles. The van der Waals surface area contributed by atoms with Crippen LogP contribution in [0.15, 0.2) is 53.6 Å². The van der Waals surface area contributed by atoms with Crippen molar-refractivity contribution in [3.8, 4) is 5.75 Å². The minimum atomic E-state index is -0.223. The Balaban J connectivity index is 1.67. The third kappa shape index (κ3) is 1.76. The molecule has 3 nitrogen and oxygen atoms in total. The number of fused-ring (bicyclic) bond motifs is 3. The molecule has 4 heteroatoms. The van der Waals surface area contributed by atoms with Crippen LogP contribution in [0, 0.1) is 5.82 Å². The molecule has 0 saturated heterocycles. The first-order chi connectivity index (χ1) is 9.81. The standard InChI is InChI=1S/C16H13FN2O/c17-12-7-5-11(6-8-12)14-9-15-13-3-1-2-4-16(13)20-10-19(15)18-14/h1-8,15H,9-10H2. The first-order valence-electron chi connectivity index (χ1n) is 6.63. The highest BCUT2D eigenvalue weighted by molar-refractivity contribution is 6.01. The lowest BCUT2D eigenvalue weighted by molar-refractivity contribution is 0.0750. The van der Waals surface area contributed by atoms with Crippen LogP contribution in [0.3, 0.4) is 0 Å². The summed E-state index contributed by atoms with van der Waals surface area (Å²) in [5.41, 5.74) is 3.12. The van der Waals surface area contributed by atoms with Crippen LogP contribution < -0.4 is 4.74 Å². The molecule has 2 aromatic carbocycles. The first-order valence-corrected chi connectivity index (χ1v) is 6.63. The number of rotatable bonds is 1.